The van der Waals surface area contributed by atoms with E-state index in [0.29, 0.717) is 30.6 Å². The minimum absolute atomic E-state index is 0.0352. The lowest BCUT2D eigenvalue weighted by molar-refractivity contribution is -0.144. The monoisotopic (exact) mass is 446 g/mol. The van der Waals surface area contributed by atoms with Gasteiger partial charge in [0.1, 0.15) is 5.69 Å². The van der Waals surface area contributed by atoms with Gasteiger partial charge < -0.3 is 4.74 Å². The molecule has 3 rings (SSSR count). The van der Waals surface area contributed by atoms with Crippen molar-refractivity contribution in [1.82, 2.24) is 14.5 Å². The summed E-state index contributed by atoms with van der Waals surface area (Å²) in [6, 6.07) is 5.39. The summed E-state index contributed by atoms with van der Waals surface area (Å²) in [6.45, 7) is -0.0985. The van der Waals surface area contributed by atoms with Gasteiger partial charge in [-0.2, -0.15) is 18.3 Å². The van der Waals surface area contributed by atoms with Crippen molar-refractivity contribution < 1.29 is 31.1 Å². The second-order valence-electron chi connectivity index (χ2n) is 6.74. The van der Waals surface area contributed by atoms with E-state index in [4.69, 9.17) is 0 Å². The second kappa shape index (κ2) is 8.64. The van der Waals surface area contributed by atoms with E-state index in [9.17, 15) is 26.4 Å². The first-order valence-electron chi connectivity index (χ1n) is 9.22. The van der Waals surface area contributed by atoms with Gasteiger partial charge in [0.05, 0.1) is 17.7 Å². The Balaban J connectivity index is 1.58. The van der Waals surface area contributed by atoms with Crippen molar-refractivity contribution in [1.29, 1.82) is 0 Å². The molecule has 0 radical (unpaired) electrons. The zero-order valence-corrected chi connectivity index (χ0v) is 16.9. The number of rotatable bonds is 7. The lowest BCUT2D eigenvalue weighted by Gasteiger charge is -2.13. The molecule has 0 aliphatic heterocycles. The number of carbonyl (C=O) groups is 1. The summed E-state index contributed by atoms with van der Waals surface area (Å²) in [4.78, 5) is 11.1. The van der Waals surface area contributed by atoms with Gasteiger partial charge in [0, 0.05) is 24.3 Å². The Hall–Kier alpha value is -2.60. The summed E-state index contributed by atoms with van der Waals surface area (Å²) in [5, 5.41) is 6.46. The molecule has 1 aromatic carbocycles. The molecule has 0 saturated heterocycles. The molecule has 0 unspecified atom stereocenters. The SMILES string of the molecule is COC(=O)Nc1ccc(S(=O)(=O)NCCCn2nc3c(c2C(F)(F)F)CCC3)cc1. The zero-order valence-electron chi connectivity index (χ0n) is 16.1. The van der Waals surface area contributed by atoms with Gasteiger partial charge in [-0.3, -0.25) is 10.00 Å². The van der Waals surface area contributed by atoms with Crippen molar-refractivity contribution in [2.45, 2.75) is 43.3 Å². The minimum Gasteiger partial charge on any atom is -0.453 e. The van der Waals surface area contributed by atoms with Crippen molar-refractivity contribution in [2.24, 2.45) is 0 Å². The summed E-state index contributed by atoms with van der Waals surface area (Å²) < 4.78 is 72.6. The average Bonchev–Trinajstić information content (AvgIpc) is 3.25. The lowest BCUT2D eigenvalue weighted by atomic mass is 10.2. The maximum Gasteiger partial charge on any atom is 0.433 e. The Labute approximate surface area is 171 Å². The first kappa shape index (κ1) is 22.1. The van der Waals surface area contributed by atoms with Crippen LogP contribution in [0.3, 0.4) is 0 Å². The maximum absolute atomic E-state index is 13.4. The number of hydrogen-bond acceptors (Lipinski definition) is 5. The number of alkyl halides is 3. The molecule has 30 heavy (non-hydrogen) atoms. The van der Waals surface area contributed by atoms with Crippen LogP contribution in [0.15, 0.2) is 29.2 Å². The van der Waals surface area contributed by atoms with Crippen molar-refractivity contribution in [3.05, 3.63) is 41.2 Å². The fourth-order valence-electron chi connectivity index (χ4n) is 3.33. The molecule has 0 fully saturated rings. The molecule has 1 heterocycles. The predicted molar refractivity (Wildman–Crippen MR) is 102 cm³/mol. The molecule has 2 N–H and O–H groups in total. The Kier molecular flexibility index (Phi) is 6.36. The highest BCUT2D eigenvalue weighted by molar-refractivity contribution is 7.89. The van der Waals surface area contributed by atoms with Gasteiger partial charge in [-0.25, -0.2) is 17.9 Å². The van der Waals surface area contributed by atoms with Crippen LogP contribution in [0.5, 0.6) is 0 Å². The van der Waals surface area contributed by atoms with Crippen LogP contribution in [0.2, 0.25) is 0 Å². The number of benzene rings is 1. The van der Waals surface area contributed by atoms with Gasteiger partial charge in [-0.1, -0.05) is 0 Å². The zero-order chi connectivity index (χ0) is 21.9. The third-order valence-corrected chi connectivity index (χ3v) is 6.15. The Bertz CT molecular complexity index is 1020. The predicted octanol–water partition coefficient (Wildman–Crippen LogP) is 2.94. The molecular weight excluding hydrogens is 425 g/mol. The smallest absolute Gasteiger partial charge is 0.433 e. The molecule has 8 nitrogen and oxygen atoms in total. The number of ether oxygens (including phenoxy) is 1. The van der Waals surface area contributed by atoms with E-state index < -0.39 is 28.0 Å². The number of fused-ring (bicyclic) bond motifs is 1. The van der Waals surface area contributed by atoms with E-state index in [1.807, 2.05) is 0 Å². The average molecular weight is 446 g/mol. The maximum atomic E-state index is 13.4. The topological polar surface area (TPSA) is 102 Å². The minimum atomic E-state index is -4.50. The number of hydrogen-bond donors (Lipinski definition) is 2. The lowest BCUT2D eigenvalue weighted by Crippen LogP contribution is -2.26. The number of anilines is 1. The summed E-state index contributed by atoms with van der Waals surface area (Å²) in [5.74, 6) is 0. The molecule has 1 amide bonds. The van der Waals surface area contributed by atoms with E-state index in [-0.39, 0.29) is 30.0 Å². The highest BCUT2D eigenvalue weighted by Gasteiger charge is 2.40. The van der Waals surface area contributed by atoms with Gasteiger partial charge in [0.2, 0.25) is 10.0 Å². The Morgan fingerprint density at radius 2 is 1.93 bits per heavy atom. The van der Waals surface area contributed by atoms with E-state index >= 15 is 0 Å². The van der Waals surface area contributed by atoms with Crippen LogP contribution in [0.4, 0.5) is 23.7 Å². The second-order valence-corrected chi connectivity index (χ2v) is 8.51. The molecule has 164 valence electrons. The fourth-order valence-corrected chi connectivity index (χ4v) is 4.40. The quantitative estimate of drug-likeness (QED) is 0.637. The first-order valence-corrected chi connectivity index (χ1v) is 10.7. The fraction of sp³-hybridized carbons (Fsp3) is 0.444. The number of aryl methyl sites for hydroxylation is 2. The normalized spacial score (nSPS) is 13.9. The number of amides is 1. The van der Waals surface area contributed by atoms with E-state index in [0.717, 1.165) is 4.68 Å². The van der Waals surface area contributed by atoms with Crippen LogP contribution in [-0.4, -0.2) is 37.9 Å². The molecule has 0 bridgehead atoms. The van der Waals surface area contributed by atoms with Gasteiger partial charge in [0.15, 0.2) is 0 Å². The third-order valence-electron chi connectivity index (χ3n) is 4.68. The highest BCUT2D eigenvalue weighted by Crippen LogP contribution is 2.37. The summed E-state index contributed by atoms with van der Waals surface area (Å²) in [6.07, 6.45) is -3.49. The third kappa shape index (κ3) is 4.93. The van der Waals surface area contributed by atoms with E-state index in [1.165, 1.54) is 31.4 Å². The van der Waals surface area contributed by atoms with Gasteiger partial charge >= 0.3 is 12.3 Å². The number of carbonyl (C=O) groups excluding carboxylic acids is 1. The largest absolute Gasteiger partial charge is 0.453 e. The molecular formula is C18H21F3N4O4S. The van der Waals surface area contributed by atoms with Crippen LogP contribution >= 0.6 is 0 Å². The van der Waals surface area contributed by atoms with Crippen LogP contribution in [-0.2, 0) is 40.3 Å². The summed E-state index contributed by atoms with van der Waals surface area (Å²) in [5.41, 5.74) is 0.353. The van der Waals surface area contributed by atoms with Crippen molar-refractivity contribution in [3.63, 3.8) is 0 Å². The Morgan fingerprint density at radius 3 is 2.57 bits per heavy atom. The number of nitrogens with one attached hydrogen (secondary N) is 2. The molecule has 12 heteroatoms. The number of methoxy groups -OCH3 is 1. The first-order chi connectivity index (χ1) is 14.1. The van der Waals surface area contributed by atoms with Gasteiger partial charge in [-0.15, -0.1) is 0 Å². The van der Waals surface area contributed by atoms with Crippen molar-refractivity contribution in [2.75, 3.05) is 19.0 Å². The molecule has 1 aliphatic carbocycles. The highest BCUT2D eigenvalue weighted by atomic mass is 32.2. The number of aromatic nitrogens is 2. The molecule has 0 saturated carbocycles. The van der Waals surface area contributed by atoms with E-state index in [2.05, 4.69) is 19.9 Å². The van der Waals surface area contributed by atoms with Crippen LogP contribution < -0.4 is 10.0 Å². The van der Waals surface area contributed by atoms with Crippen molar-refractivity contribution >= 4 is 21.8 Å². The molecule has 1 aromatic heterocycles. The van der Waals surface area contributed by atoms with Crippen LogP contribution in [0.1, 0.15) is 29.8 Å². The molecule has 2 aromatic rings. The number of halogens is 3. The van der Waals surface area contributed by atoms with Gasteiger partial charge in [0.25, 0.3) is 0 Å². The summed E-state index contributed by atoms with van der Waals surface area (Å²) >= 11 is 0. The van der Waals surface area contributed by atoms with E-state index in [1.54, 1.807) is 0 Å². The Morgan fingerprint density at radius 1 is 1.23 bits per heavy atom. The standard InChI is InChI=1S/C18H21F3N4O4S/c1-29-17(26)23-12-6-8-13(9-7-12)30(27,28)22-10-3-11-25-16(18(19,20)21)14-4-2-5-15(14)24-25/h6-9,22H,2-5,10-11H2,1H3,(H,23,26). The molecule has 0 atom stereocenters. The van der Waals surface area contributed by atoms with Crippen LogP contribution in [0.25, 0.3) is 0 Å². The molecule has 1 aliphatic rings. The molecule has 0 spiro atoms. The van der Waals surface area contributed by atoms with Crippen LogP contribution in [0, 0.1) is 0 Å². The summed E-state index contributed by atoms with van der Waals surface area (Å²) in [7, 11) is -2.65. The van der Waals surface area contributed by atoms with Crippen molar-refractivity contribution in [3.8, 4) is 0 Å². The number of sulfonamides is 1. The number of nitrogens with zero attached hydrogens (tertiary/aromatic N) is 2. The van der Waals surface area contributed by atoms with Gasteiger partial charge in [-0.05, 0) is 49.9 Å².